The zero-order valence-corrected chi connectivity index (χ0v) is 61.3. The molecule has 0 aliphatic rings. The molecule has 0 rings (SSSR count). The van der Waals surface area contributed by atoms with Crippen molar-refractivity contribution in [2.75, 3.05) is 47.5 Å². The van der Waals surface area contributed by atoms with E-state index in [9.17, 15) is 19.5 Å². The Bertz CT molecular complexity index is 2220. The van der Waals surface area contributed by atoms with Gasteiger partial charge >= 0.3 is 17.9 Å². The third kappa shape index (κ3) is 75.6. The number of allylic oxidation sites excluding steroid dienone is 30. The minimum absolute atomic E-state index is 0.169. The van der Waals surface area contributed by atoms with E-state index in [1.165, 1.54) is 128 Å². The molecule has 0 spiro atoms. The van der Waals surface area contributed by atoms with Gasteiger partial charge in [0.05, 0.1) is 34.4 Å². The van der Waals surface area contributed by atoms with E-state index in [1.807, 2.05) is 21.1 Å². The zero-order chi connectivity index (χ0) is 69.0. The van der Waals surface area contributed by atoms with Crippen molar-refractivity contribution >= 4 is 17.9 Å². The summed E-state index contributed by atoms with van der Waals surface area (Å²) < 4.78 is 22.9. The molecule has 2 atom stereocenters. The van der Waals surface area contributed by atoms with Crippen molar-refractivity contribution in [3.05, 3.63) is 182 Å². The van der Waals surface area contributed by atoms with Crippen LogP contribution in [0.3, 0.4) is 0 Å². The van der Waals surface area contributed by atoms with E-state index in [0.29, 0.717) is 23.9 Å². The molecule has 9 heteroatoms. The Hall–Kier alpha value is -5.61. The summed E-state index contributed by atoms with van der Waals surface area (Å²) in [5.41, 5.74) is 0. The second-order valence-electron chi connectivity index (χ2n) is 25.8. The molecule has 0 bridgehead atoms. The second kappa shape index (κ2) is 74.2. The third-order valence-electron chi connectivity index (χ3n) is 15.7. The normalized spacial score (nSPS) is 13.7. The molecule has 0 amide bonds. The Morgan fingerprint density at radius 2 is 0.579 bits per heavy atom. The lowest BCUT2D eigenvalue weighted by Gasteiger charge is -2.25. The molecule has 1 N–H and O–H groups in total. The molecule has 0 aromatic heterocycles. The number of ether oxygens (including phenoxy) is 4. The predicted octanol–water partition coefficient (Wildman–Crippen LogP) is 24.4. The summed E-state index contributed by atoms with van der Waals surface area (Å²) in [4.78, 5) is 37.6. The zero-order valence-electron chi connectivity index (χ0n) is 61.3. The number of carboxylic acid groups (broad SMARTS) is 1. The van der Waals surface area contributed by atoms with Crippen LogP contribution in [0.5, 0.6) is 0 Å². The number of nitrogens with zero attached hydrogens (tertiary/aromatic N) is 1. The standard InChI is InChI=1S/C86H139NO8/c1-6-8-10-12-14-16-18-20-22-24-26-28-30-32-34-36-37-38-39-40-41-42-43-44-45-46-47-49-50-52-54-56-58-60-62-64-66-68-70-72-74-76-83(88)93-80-82(81-94-86(85(90)91)92-79-78-87(3,4)5)95-84(89)77-75-73-71-69-67-65-63-61-59-57-55-53-51-48-35-33-31-29-27-25-23-21-19-17-15-13-11-9-7-2/h8-11,14-17,20-23,26-29,32-35,37-38,51,53,57,59,63,65,69,71,82,86H,6-7,12-13,18-19,24-25,30-31,36,39-50,52,54-56,58,60-62,64,66-68,70,72-81H2,1-5H3/p+1/b10-8-,11-9-,16-14-,17-15-,22-20-,23-21-,28-26-,29-27-,34-32-,35-33-,38-37-,53-51-,59-57-,65-63-,71-69-. The maximum absolute atomic E-state index is 12.9. The van der Waals surface area contributed by atoms with Gasteiger partial charge in [0.2, 0.25) is 0 Å². The van der Waals surface area contributed by atoms with Crippen molar-refractivity contribution in [2.24, 2.45) is 0 Å². The summed E-state index contributed by atoms with van der Waals surface area (Å²) in [5, 5.41) is 9.75. The van der Waals surface area contributed by atoms with Crippen LogP contribution in [0.25, 0.3) is 0 Å². The van der Waals surface area contributed by atoms with E-state index in [0.717, 1.165) is 116 Å². The number of carboxylic acids is 1. The fourth-order valence-electron chi connectivity index (χ4n) is 9.96. The fourth-order valence-corrected chi connectivity index (χ4v) is 9.96. The summed E-state index contributed by atoms with van der Waals surface area (Å²) in [7, 11) is 5.95. The summed E-state index contributed by atoms with van der Waals surface area (Å²) in [5.74, 6) is -2.09. The average molecular weight is 1320 g/mol. The number of quaternary nitrogens is 1. The van der Waals surface area contributed by atoms with E-state index >= 15 is 0 Å². The Kier molecular flexibility index (Phi) is 69.8. The first-order chi connectivity index (χ1) is 46.6. The topological polar surface area (TPSA) is 108 Å². The van der Waals surface area contributed by atoms with E-state index < -0.39 is 24.3 Å². The van der Waals surface area contributed by atoms with Gasteiger partial charge in [-0.15, -0.1) is 0 Å². The quantitative estimate of drug-likeness (QED) is 0.0211. The summed E-state index contributed by atoms with van der Waals surface area (Å²) in [6.07, 6.45) is 110. The number of hydrogen-bond acceptors (Lipinski definition) is 7. The highest BCUT2D eigenvalue weighted by Gasteiger charge is 2.25. The van der Waals surface area contributed by atoms with Crippen molar-refractivity contribution in [1.82, 2.24) is 0 Å². The van der Waals surface area contributed by atoms with Crippen LogP contribution in [0.2, 0.25) is 0 Å². The maximum atomic E-state index is 12.9. The summed E-state index contributed by atoms with van der Waals surface area (Å²) >= 11 is 0. The van der Waals surface area contributed by atoms with Gasteiger partial charge in [0.1, 0.15) is 13.2 Å². The van der Waals surface area contributed by atoms with Gasteiger partial charge < -0.3 is 28.5 Å². The fraction of sp³-hybridized carbons (Fsp3) is 0.616. The lowest BCUT2D eigenvalue weighted by molar-refractivity contribution is -0.870. The molecule has 536 valence electrons. The molecule has 0 aliphatic carbocycles. The first-order valence-corrected chi connectivity index (χ1v) is 37.9. The van der Waals surface area contributed by atoms with Gasteiger partial charge in [0.15, 0.2) is 6.10 Å². The minimum atomic E-state index is -1.54. The molecule has 0 aliphatic heterocycles. The average Bonchev–Trinajstić information content (AvgIpc) is 2.86. The SMILES string of the molecule is CC/C=C\C/C=C\C/C=C\C/C=C\C/C=C\C/C=C\C/C=C\C/C=C\C/C=C\CCCC(=O)OC(COC(=O)CCCCCCCCCCCCCCCCCCCCCCCC/C=C\C/C=C\C/C=C\C/C=C\C/C=C\C/C=C\CC)COC(OCC[N+](C)(C)C)C(=O)O. The van der Waals surface area contributed by atoms with Crippen molar-refractivity contribution in [3.8, 4) is 0 Å². The molecule has 0 fully saturated rings. The van der Waals surface area contributed by atoms with E-state index in [4.69, 9.17) is 18.9 Å². The van der Waals surface area contributed by atoms with E-state index in [1.54, 1.807) is 0 Å². The molecule has 0 saturated carbocycles. The first kappa shape index (κ1) is 89.4. The van der Waals surface area contributed by atoms with Gasteiger partial charge in [-0.05, 0) is 128 Å². The van der Waals surface area contributed by atoms with Gasteiger partial charge in [-0.25, -0.2) is 4.79 Å². The van der Waals surface area contributed by atoms with Gasteiger partial charge in [0, 0.05) is 12.8 Å². The van der Waals surface area contributed by atoms with Crippen LogP contribution in [-0.4, -0.2) is 87.4 Å². The molecule has 0 radical (unpaired) electrons. The largest absolute Gasteiger partial charge is 0.477 e. The highest BCUT2D eigenvalue weighted by molar-refractivity contribution is 5.71. The van der Waals surface area contributed by atoms with Crippen molar-refractivity contribution in [3.63, 3.8) is 0 Å². The molecule has 95 heavy (non-hydrogen) atoms. The van der Waals surface area contributed by atoms with Crippen LogP contribution < -0.4 is 0 Å². The monoisotopic (exact) mass is 1320 g/mol. The van der Waals surface area contributed by atoms with E-state index in [2.05, 4.69) is 196 Å². The third-order valence-corrected chi connectivity index (χ3v) is 15.7. The first-order valence-electron chi connectivity index (χ1n) is 37.9. The van der Waals surface area contributed by atoms with Crippen molar-refractivity contribution < 1.29 is 42.9 Å². The number of aliphatic carboxylic acids is 1. The van der Waals surface area contributed by atoms with Crippen LogP contribution in [0, 0.1) is 0 Å². The van der Waals surface area contributed by atoms with Crippen LogP contribution in [0.4, 0.5) is 0 Å². The van der Waals surface area contributed by atoms with Gasteiger partial charge in [-0.1, -0.05) is 325 Å². The van der Waals surface area contributed by atoms with Crippen molar-refractivity contribution in [1.29, 1.82) is 0 Å². The number of esters is 2. The van der Waals surface area contributed by atoms with Gasteiger partial charge in [0.25, 0.3) is 6.29 Å². The highest BCUT2D eigenvalue weighted by atomic mass is 16.7. The Balaban J connectivity index is 4.12. The van der Waals surface area contributed by atoms with Crippen LogP contribution in [0.1, 0.15) is 284 Å². The van der Waals surface area contributed by atoms with Gasteiger partial charge in [-0.3, -0.25) is 9.59 Å². The lowest BCUT2D eigenvalue weighted by atomic mass is 10.0. The predicted molar refractivity (Wildman–Crippen MR) is 409 cm³/mol. The molecule has 2 unspecified atom stereocenters. The second-order valence-corrected chi connectivity index (χ2v) is 25.8. The van der Waals surface area contributed by atoms with Crippen LogP contribution >= 0.6 is 0 Å². The Labute approximate surface area is 583 Å². The molecule has 0 heterocycles. The molecule has 0 aromatic rings. The smallest absolute Gasteiger partial charge is 0.361 e. The van der Waals surface area contributed by atoms with Crippen LogP contribution in [-0.2, 0) is 33.3 Å². The Morgan fingerprint density at radius 3 is 0.874 bits per heavy atom. The van der Waals surface area contributed by atoms with Crippen molar-refractivity contribution in [2.45, 2.75) is 296 Å². The summed E-state index contributed by atoms with van der Waals surface area (Å²) in [6, 6.07) is 0. The molecular formula is C86H140NO8+. The summed E-state index contributed by atoms with van der Waals surface area (Å²) in [6.45, 7) is 4.58. The van der Waals surface area contributed by atoms with Crippen LogP contribution in [0.15, 0.2) is 182 Å². The number of hydrogen-bond donors (Lipinski definition) is 1. The van der Waals surface area contributed by atoms with Gasteiger partial charge in [-0.2, -0.15) is 0 Å². The minimum Gasteiger partial charge on any atom is -0.477 e. The number of rotatable bonds is 68. The molecule has 0 aromatic carbocycles. The van der Waals surface area contributed by atoms with E-state index in [-0.39, 0.29) is 38.6 Å². The number of likely N-dealkylation sites (N-methyl/N-ethyl adjacent to an activating group) is 1. The number of unbranched alkanes of at least 4 members (excludes halogenated alkanes) is 23. The maximum Gasteiger partial charge on any atom is 0.361 e. The Morgan fingerprint density at radius 1 is 0.316 bits per heavy atom. The number of carbonyl (C=O) groups excluding carboxylic acids is 2. The number of carbonyl (C=O) groups is 3. The molecule has 0 saturated heterocycles. The highest BCUT2D eigenvalue weighted by Crippen LogP contribution is 2.17. The molecule has 9 nitrogen and oxygen atoms in total. The molecular weight excluding hydrogens is 1170 g/mol. The lowest BCUT2D eigenvalue weighted by Crippen LogP contribution is -2.40.